The number of anilines is 2. The first-order valence-electron chi connectivity index (χ1n) is 14.4. The number of carbonyl (C=O) groups excluding carboxylic acids is 1. The van der Waals surface area contributed by atoms with Crippen LogP contribution in [-0.4, -0.2) is 80.5 Å². The van der Waals surface area contributed by atoms with Crippen LogP contribution in [0.1, 0.15) is 65.2 Å². The first kappa shape index (κ1) is 29.4. The third-order valence-electron chi connectivity index (χ3n) is 9.13. The van der Waals surface area contributed by atoms with Crippen LogP contribution >= 0.6 is 0 Å². The highest BCUT2D eigenvalue weighted by molar-refractivity contribution is 6.08. The molecule has 0 radical (unpaired) electrons. The Balaban J connectivity index is 1.44. The number of amides is 1. The second kappa shape index (κ2) is 11.3. The fourth-order valence-corrected chi connectivity index (χ4v) is 7.00. The average molecular weight is 574 g/mol. The molecule has 1 spiro atoms. The van der Waals surface area contributed by atoms with Gasteiger partial charge in [0.25, 0.3) is 0 Å². The standard InChI is InChI=1S/C31H38F3N3O4/c1-4-37(23-7-11-36(12-8-23)19-31(32,33)34)27-18-22(16-24(20(27)2)28(38)39)15-21-5-6-26-25(17-21)30(29(40)35(26)3)9-13-41-14-10-30/h5-6,16-18,23H,4,7-15,19H2,1-3H3,(H,38,39). The summed E-state index contributed by atoms with van der Waals surface area (Å²) in [6, 6.07) is 9.84. The second-order valence-corrected chi connectivity index (χ2v) is 11.6. The van der Waals surface area contributed by atoms with Gasteiger partial charge in [-0.2, -0.15) is 13.2 Å². The lowest BCUT2D eigenvalue weighted by molar-refractivity contribution is -0.147. The van der Waals surface area contributed by atoms with Gasteiger partial charge in [-0.15, -0.1) is 0 Å². The van der Waals surface area contributed by atoms with Crippen molar-refractivity contribution < 1.29 is 32.6 Å². The van der Waals surface area contributed by atoms with Crippen molar-refractivity contribution in [2.24, 2.45) is 0 Å². The number of likely N-dealkylation sites (tertiary alicyclic amines) is 1. The van der Waals surface area contributed by atoms with E-state index in [2.05, 4.69) is 11.0 Å². The number of rotatable bonds is 7. The molecule has 0 aliphatic carbocycles. The SMILES string of the molecule is CCN(c1cc(Cc2ccc3c(c2)C2(CCOCC2)C(=O)N3C)cc(C(=O)O)c1C)C1CCN(CC(F)(F)F)CC1. The first-order chi connectivity index (χ1) is 19.4. The lowest BCUT2D eigenvalue weighted by Gasteiger charge is -2.40. The Bertz CT molecular complexity index is 1310. The minimum absolute atomic E-state index is 0.0231. The summed E-state index contributed by atoms with van der Waals surface area (Å²) in [6.45, 7) is 5.28. The molecular weight excluding hydrogens is 535 g/mol. The fraction of sp³-hybridized carbons (Fsp3) is 0.548. The molecule has 3 heterocycles. The van der Waals surface area contributed by atoms with E-state index in [1.807, 2.05) is 32.2 Å². The molecule has 222 valence electrons. The largest absolute Gasteiger partial charge is 0.478 e. The number of ether oxygens (including phenoxy) is 1. The van der Waals surface area contributed by atoms with Crippen LogP contribution in [0, 0.1) is 6.92 Å². The summed E-state index contributed by atoms with van der Waals surface area (Å²) in [5, 5.41) is 10.1. The van der Waals surface area contributed by atoms with Crippen LogP contribution in [0.5, 0.6) is 0 Å². The van der Waals surface area contributed by atoms with E-state index in [-0.39, 0.29) is 17.5 Å². The summed E-state index contributed by atoms with van der Waals surface area (Å²) < 4.78 is 44.3. The molecule has 0 bridgehead atoms. The molecule has 0 atom stereocenters. The number of aromatic carboxylic acids is 1. The van der Waals surface area contributed by atoms with Crippen molar-refractivity contribution in [3.8, 4) is 0 Å². The number of carbonyl (C=O) groups is 2. The van der Waals surface area contributed by atoms with Crippen molar-refractivity contribution in [1.82, 2.24) is 4.90 Å². The zero-order valence-corrected chi connectivity index (χ0v) is 23.9. The Morgan fingerprint density at radius 1 is 1.12 bits per heavy atom. The monoisotopic (exact) mass is 573 g/mol. The normalized spacial score (nSPS) is 19.6. The summed E-state index contributed by atoms with van der Waals surface area (Å²) in [4.78, 5) is 30.9. The quantitative estimate of drug-likeness (QED) is 0.493. The maximum Gasteiger partial charge on any atom is 0.401 e. The van der Waals surface area contributed by atoms with E-state index in [1.165, 1.54) is 4.90 Å². The van der Waals surface area contributed by atoms with Crippen molar-refractivity contribution in [3.05, 3.63) is 58.1 Å². The van der Waals surface area contributed by atoms with Gasteiger partial charge in [0, 0.05) is 57.3 Å². The van der Waals surface area contributed by atoms with Crippen molar-refractivity contribution in [3.63, 3.8) is 0 Å². The topological polar surface area (TPSA) is 73.3 Å². The predicted molar refractivity (Wildman–Crippen MR) is 151 cm³/mol. The van der Waals surface area contributed by atoms with E-state index in [4.69, 9.17) is 4.74 Å². The van der Waals surface area contributed by atoms with Crippen LogP contribution in [0.25, 0.3) is 0 Å². The number of carboxylic acids is 1. The first-order valence-corrected chi connectivity index (χ1v) is 14.4. The molecule has 3 aliphatic rings. The van der Waals surface area contributed by atoms with E-state index in [1.54, 1.807) is 17.9 Å². The minimum atomic E-state index is -4.22. The Morgan fingerprint density at radius 2 is 1.80 bits per heavy atom. The van der Waals surface area contributed by atoms with Crippen LogP contribution in [0.4, 0.5) is 24.5 Å². The smallest absolute Gasteiger partial charge is 0.401 e. The third kappa shape index (κ3) is 5.68. The van der Waals surface area contributed by atoms with Gasteiger partial charge in [-0.05, 0) is 86.4 Å². The van der Waals surface area contributed by atoms with Crippen LogP contribution in [0.3, 0.4) is 0 Å². The Kier molecular flexibility index (Phi) is 8.09. The molecule has 2 saturated heterocycles. The highest BCUT2D eigenvalue weighted by Gasteiger charge is 2.50. The summed E-state index contributed by atoms with van der Waals surface area (Å²) in [7, 11) is 1.81. The average Bonchev–Trinajstić information content (AvgIpc) is 3.12. The molecule has 0 saturated carbocycles. The molecule has 7 nitrogen and oxygen atoms in total. The number of fused-ring (bicyclic) bond motifs is 2. The molecule has 3 aliphatic heterocycles. The van der Waals surface area contributed by atoms with Crippen molar-refractivity contribution >= 4 is 23.3 Å². The predicted octanol–water partition coefficient (Wildman–Crippen LogP) is 5.16. The van der Waals surface area contributed by atoms with Crippen molar-refractivity contribution in [2.45, 2.75) is 63.6 Å². The number of likely N-dealkylation sites (N-methyl/N-ethyl adjacent to an activating group) is 1. The molecule has 1 amide bonds. The Morgan fingerprint density at radius 3 is 2.41 bits per heavy atom. The molecule has 10 heteroatoms. The summed E-state index contributed by atoms with van der Waals surface area (Å²) >= 11 is 0. The van der Waals surface area contributed by atoms with Crippen LogP contribution in [-0.2, 0) is 21.4 Å². The van der Waals surface area contributed by atoms with Crippen molar-refractivity contribution in [2.75, 3.05) is 56.2 Å². The number of piperidine rings is 1. The lowest BCUT2D eigenvalue weighted by atomic mass is 9.74. The van der Waals surface area contributed by atoms with Gasteiger partial charge < -0.3 is 19.6 Å². The third-order valence-corrected chi connectivity index (χ3v) is 9.13. The van der Waals surface area contributed by atoms with Gasteiger partial charge in [0.1, 0.15) is 0 Å². The molecule has 0 aromatic heterocycles. The highest BCUT2D eigenvalue weighted by atomic mass is 19.4. The van der Waals surface area contributed by atoms with E-state index in [0.29, 0.717) is 70.5 Å². The Hall–Kier alpha value is -3.11. The highest BCUT2D eigenvalue weighted by Crippen LogP contribution is 2.47. The maximum absolute atomic E-state index is 13.3. The van der Waals surface area contributed by atoms with Gasteiger partial charge in [-0.1, -0.05) is 12.1 Å². The van der Waals surface area contributed by atoms with Gasteiger partial charge in [-0.3, -0.25) is 9.69 Å². The number of halogens is 3. The zero-order valence-electron chi connectivity index (χ0n) is 23.9. The number of alkyl halides is 3. The van der Waals surface area contributed by atoms with Gasteiger partial charge in [0.05, 0.1) is 17.5 Å². The molecule has 2 aromatic rings. The number of hydrogen-bond donors (Lipinski definition) is 1. The van der Waals surface area contributed by atoms with Gasteiger partial charge >= 0.3 is 12.1 Å². The van der Waals surface area contributed by atoms with Gasteiger partial charge in [-0.25, -0.2) is 4.79 Å². The lowest BCUT2D eigenvalue weighted by Crippen LogP contribution is -2.47. The Labute approximate surface area is 238 Å². The maximum atomic E-state index is 13.3. The molecule has 5 rings (SSSR count). The zero-order chi connectivity index (χ0) is 29.5. The summed E-state index contributed by atoms with van der Waals surface area (Å²) in [5.74, 6) is -0.914. The number of hydrogen-bond acceptors (Lipinski definition) is 5. The minimum Gasteiger partial charge on any atom is -0.478 e. The molecular formula is C31H38F3N3O4. The number of benzene rings is 2. The second-order valence-electron chi connectivity index (χ2n) is 11.6. The molecule has 2 fully saturated rings. The van der Waals surface area contributed by atoms with Gasteiger partial charge in [0.2, 0.25) is 5.91 Å². The number of carboxylic acid groups (broad SMARTS) is 1. The molecule has 1 N–H and O–H groups in total. The summed E-state index contributed by atoms with van der Waals surface area (Å²) in [5.41, 5.74) is 4.87. The van der Waals surface area contributed by atoms with Crippen molar-refractivity contribution in [1.29, 1.82) is 0 Å². The van der Waals surface area contributed by atoms with Crippen LogP contribution in [0.2, 0.25) is 0 Å². The van der Waals surface area contributed by atoms with E-state index in [9.17, 15) is 27.9 Å². The number of nitrogens with zero attached hydrogens (tertiary/aromatic N) is 3. The summed E-state index contributed by atoms with van der Waals surface area (Å²) in [6.07, 6.45) is -1.30. The van der Waals surface area contributed by atoms with E-state index in [0.717, 1.165) is 28.1 Å². The van der Waals surface area contributed by atoms with E-state index < -0.39 is 24.1 Å². The molecule has 41 heavy (non-hydrogen) atoms. The van der Waals surface area contributed by atoms with E-state index >= 15 is 0 Å². The molecule has 0 unspecified atom stereocenters. The van der Waals surface area contributed by atoms with Crippen LogP contribution in [0.15, 0.2) is 30.3 Å². The molecule has 2 aromatic carbocycles. The van der Waals surface area contributed by atoms with Crippen LogP contribution < -0.4 is 9.80 Å². The van der Waals surface area contributed by atoms with Gasteiger partial charge in [0.15, 0.2) is 0 Å². The fourth-order valence-electron chi connectivity index (χ4n) is 7.00.